The van der Waals surface area contributed by atoms with E-state index in [0.717, 1.165) is 16.1 Å². The van der Waals surface area contributed by atoms with Gasteiger partial charge in [-0.05, 0) is 42.3 Å². The molecule has 0 unspecified atom stereocenters. The standard InChI is InChI=1S/C14H12BrF2NO/c1-8-2-10(15)5-13(18)14(8)19-7-9-3-11(16)6-12(17)4-9/h2-6H,7,18H2,1H3. The van der Waals surface area contributed by atoms with Crippen LogP contribution in [0, 0.1) is 18.6 Å². The minimum absolute atomic E-state index is 0.0569. The van der Waals surface area contributed by atoms with Crippen LogP contribution in [0.2, 0.25) is 0 Å². The van der Waals surface area contributed by atoms with E-state index in [4.69, 9.17) is 10.5 Å². The van der Waals surface area contributed by atoms with Crippen LogP contribution in [0.25, 0.3) is 0 Å². The number of hydrogen-bond acceptors (Lipinski definition) is 2. The van der Waals surface area contributed by atoms with Crippen molar-refractivity contribution in [3.63, 3.8) is 0 Å². The fraction of sp³-hybridized carbons (Fsp3) is 0.143. The minimum atomic E-state index is -0.626. The molecule has 2 nitrogen and oxygen atoms in total. The van der Waals surface area contributed by atoms with Gasteiger partial charge in [0.15, 0.2) is 0 Å². The van der Waals surface area contributed by atoms with Crippen molar-refractivity contribution in [1.29, 1.82) is 0 Å². The Morgan fingerprint density at radius 1 is 1.11 bits per heavy atom. The van der Waals surface area contributed by atoms with Gasteiger partial charge in [-0.1, -0.05) is 15.9 Å². The van der Waals surface area contributed by atoms with E-state index in [1.807, 2.05) is 13.0 Å². The van der Waals surface area contributed by atoms with Crippen molar-refractivity contribution >= 4 is 21.6 Å². The summed E-state index contributed by atoms with van der Waals surface area (Å²) in [5.74, 6) is -0.730. The second-order valence-corrected chi connectivity index (χ2v) is 5.12. The molecule has 100 valence electrons. The average molecular weight is 328 g/mol. The zero-order valence-corrected chi connectivity index (χ0v) is 11.8. The van der Waals surface area contributed by atoms with Crippen molar-refractivity contribution < 1.29 is 13.5 Å². The first-order valence-electron chi connectivity index (χ1n) is 5.59. The zero-order chi connectivity index (χ0) is 14.0. The quantitative estimate of drug-likeness (QED) is 0.857. The number of hydrogen-bond donors (Lipinski definition) is 1. The smallest absolute Gasteiger partial charge is 0.145 e. The van der Waals surface area contributed by atoms with E-state index < -0.39 is 11.6 Å². The molecule has 0 amide bonds. The predicted octanol–water partition coefficient (Wildman–Crippen LogP) is 4.20. The summed E-state index contributed by atoms with van der Waals surface area (Å²) >= 11 is 3.33. The fourth-order valence-electron chi connectivity index (χ4n) is 1.80. The van der Waals surface area contributed by atoms with Gasteiger partial charge in [0.05, 0.1) is 5.69 Å². The van der Waals surface area contributed by atoms with E-state index in [1.54, 1.807) is 6.07 Å². The summed E-state index contributed by atoms with van der Waals surface area (Å²) in [4.78, 5) is 0. The van der Waals surface area contributed by atoms with Gasteiger partial charge >= 0.3 is 0 Å². The maximum absolute atomic E-state index is 13.0. The molecule has 0 saturated heterocycles. The molecule has 2 aromatic rings. The Kier molecular flexibility index (Phi) is 4.04. The molecular weight excluding hydrogens is 316 g/mol. The van der Waals surface area contributed by atoms with Gasteiger partial charge in [0, 0.05) is 10.5 Å². The van der Waals surface area contributed by atoms with E-state index in [0.29, 0.717) is 17.0 Å². The Morgan fingerprint density at radius 2 is 1.74 bits per heavy atom. The molecule has 19 heavy (non-hydrogen) atoms. The van der Waals surface area contributed by atoms with Gasteiger partial charge in [-0.2, -0.15) is 0 Å². The molecule has 2 aromatic carbocycles. The molecule has 0 bridgehead atoms. The highest BCUT2D eigenvalue weighted by molar-refractivity contribution is 9.10. The Balaban J connectivity index is 2.19. The molecule has 0 spiro atoms. The molecule has 0 fully saturated rings. The lowest BCUT2D eigenvalue weighted by atomic mass is 10.2. The summed E-state index contributed by atoms with van der Waals surface area (Å²) in [6.45, 7) is 1.91. The lowest BCUT2D eigenvalue weighted by Crippen LogP contribution is -2.01. The predicted molar refractivity (Wildman–Crippen MR) is 74.0 cm³/mol. The van der Waals surface area contributed by atoms with Gasteiger partial charge < -0.3 is 10.5 Å². The van der Waals surface area contributed by atoms with Gasteiger partial charge in [0.2, 0.25) is 0 Å². The van der Waals surface area contributed by atoms with E-state index in [2.05, 4.69) is 15.9 Å². The largest absolute Gasteiger partial charge is 0.486 e. The first-order chi connectivity index (χ1) is 8.95. The molecule has 5 heteroatoms. The van der Waals surface area contributed by atoms with Crippen molar-refractivity contribution in [3.05, 3.63) is 57.6 Å². The van der Waals surface area contributed by atoms with Gasteiger partial charge in [0.25, 0.3) is 0 Å². The molecule has 0 aliphatic rings. The lowest BCUT2D eigenvalue weighted by molar-refractivity contribution is 0.304. The number of ether oxygens (including phenoxy) is 1. The molecule has 0 heterocycles. The zero-order valence-electron chi connectivity index (χ0n) is 10.2. The van der Waals surface area contributed by atoms with Crippen molar-refractivity contribution in [2.45, 2.75) is 13.5 Å². The number of aryl methyl sites for hydroxylation is 1. The molecule has 0 radical (unpaired) electrons. The summed E-state index contributed by atoms with van der Waals surface area (Å²) in [6.07, 6.45) is 0. The van der Waals surface area contributed by atoms with Crippen LogP contribution in [0.4, 0.5) is 14.5 Å². The lowest BCUT2D eigenvalue weighted by Gasteiger charge is -2.12. The summed E-state index contributed by atoms with van der Waals surface area (Å²) in [5.41, 5.74) is 7.59. The van der Waals surface area contributed by atoms with Gasteiger partial charge in [-0.3, -0.25) is 0 Å². The Hall–Kier alpha value is -1.62. The molecule has 0 aromatic heterocycles. The third-order valence-electron chi connectivity index (χ3n) is 2.57. The summed E-state index contributed by atoms with van der Waals surface area (Å²) < 4.78 is 32.5. The Morgan fingerprint density at radius 3 is 2.32 bits per heavy atom. The van der Waals surface area contributed by atoms with Crippen LogP contribution >= 0.6 is 15.9 Å². The van der Waals surface area contributed by atoms with Crippen molar-refractivity contribution in [3.8, 4) is 5.75 Å². The highest BCUT2D eigenvalue weighted by Gasteiger charge is 2.08. The van der Waals surface area contributed by atoms with E-state index in [9.17, 15) is 8.78 Å². The monoisotopic (exact) mass is 327 g/mol. The molecule has 0 saturated carbocycles. The first-order valence-corrected chi connectivity index (χ1v) is 6.38. The average Bonchev–Trinajstić information content (AvgIpc) is 2.25. The molecule has 0 aliphatic carbocycles. The van der Waals surface area contributed by atoms with Crippen LogP contribution in [0.5, 0.6) is 5.75 Å². The number of nitrogen functional groups attached to an aromatic ring is 1. The number of anilines is 1. The maximum Gasteiger partial charge on any atom is 0.145 e. The van der Waals surface area contributed by atoms with Crippen molar-refractivity contribution in [1.82, 2.24) is 0 Å². The highest BCUT2D eigenvalue weighted by atomic mass is 79.9. The number of rotatable bonds is 3. The summed E-state index contributed by atoms with van der Waals surface area (Å²) in [6, 6.07) is 6.86. The summed E-state index contributed by atoms with van der Waals surface area (Å²) in [7, 11) is 0. The Labute approximate surface area is 118 Å². The second-order valence-electron chi connectivity index (χ2n) is 4.21. The SMILES string of the molecule is Cc1cc(Br)cc(N)c1OCc1cc(F)cc(F)c1. The molecule has 2 rings (SSSR count). The maximum atomic E-state index is 13.0. The topological polar surface area (TPSA) is 35.2 Å². The van der Waals surface area contributed by atoms with Crippen LogP contribution in [0.15, 0.2) is 34.8 Å². The van der Waals surface area contributed by atoms with E-state index in [-0.39, 0.29) is 6.61 Å². The third-order valence-corrected chi connectivity index (χ3v) is 3.03. The second kappa shape index (κ2) is 5.57. The van der Waals surface area contributed by atoms with Gasteiger partial charge in [0.1, 0.15) is 24.0 Å². The number of halogens is 3. The van der Waals surface area contributed by atoms with Crippen LogP contribution in [-0.4, -0.2) is 0 Å². The minimum Gasteiger partial charge on any atom is -0.486 e. The summed E-state index contributed by atoms with van der Waals surface area (Å²) in [5, 5.41) is 0. The van der Waals surface area contributed by atoms with E-state index >= 15 is 0 Å². The van der Waals surface area contributed by atoms with Crippen LogP contribution in [0.1, 0.15) is 11.1 Å². The fourth-order valence-corrected chi connectivity index (χ4v) is 2.39. The third kappa shape index (κ3) is 3.44. The van der Waals surface area contributed by atoms with Crippen LogP contribution in [0.3, 0.4) is 0 Å². The number of benzene rings is 2. The van der Waals surface area contributed by atoms with Crippen molar-refractivity contribution in [2.24, 2.45) is 0 Å². The van der Waals surface area contributed by atoms with Crippen molar-refractivity contribution in [2.75, 3.05) is 5.73 Å². The first kappa shape index (κ1) is 13.8. The molecular formula is C14H12BrF2NO. The number of nitrogens with two attached hydrogens (primary N) is 1. The normalized spacial score (nSPS) is 10.5. The van der Waals surface area contributed by atoms with E-state index in [1.165, 1.54) is 12.1 Å². The molecule has 0 aliphatic heterocycles. The van der Waals surface area contributed by atoms with Gasteiger partial charge in [-0.15, -0.1) is 0 Å². The van der Waals surface area contributed by atoms with Crippen LogP contribution < -0.4 is 10.5 Å². The van der Waals surface area contributed by atoms with Crippen LogP contribution in [-0.2, 0) is 6.61 Å². The molecule has 0 atom stereocenters. The van der Waals surface area contributed by atoms with Gasteiger partial charge in [-0.25, -0.2) is 8.78 Å². The molecule has 2 N–H and O–H groups in total. The Bertz CT molecular complexity index is 573. The highest BCUT2D eigenvalue weighted by Crippen LogP contribution is 2.30.